The highest BCUT2D eigenvalue weighted by molar-refractivity contribution is 7.99. The smallest absolute Gasteiger partial charge is 0.316 e. The minimum atomic E-state index is -0.774. The van der Waals surface area contributed by atoms with Gasteiger partial charge in [0.25, 0.3) is 0 Å². The summed E-state index contributed by atoms with van der Waals surface area (Å²) < 4.78 is 10.4. The first-order valence-corrected chi connectivity index (χ1v) is 6.72. The van der Waals surface area contributed by atoms with Gasteiger partial charge >= 0.3 is 5.97 Å². The summed E-state index contributed by atoms with van der Waals surface area (Å²) in [5, 5.41) is 8.61. The third-order valence-electron chi connectivity index (χ3n) is 2.57. The lowest BCUT2D eigenvalue weighted by atomic mass is 10.2. The molecule has 0 saturated carbocycles. The molecule has 0 amide bonds. The molecule has 1 atom stereocenters. The molecule has 100 valence electrons. The van der Waals surface area contributed by atoms with Gasteiger partial charge in [-0.15, -0.1) is 11.8 Å². The number of aliphatic carboxylic acids is 1. The van der Waals surface area contributed by atoms with Crippen molar-refractivity contribution in [2.24, 2.45) is 0 Å². The summed E-state index contributed by atoms with van der Waals surface area (Å²) in [6.07, 6.45) is 0.603. The molecule has 0 bridgehead atoms. The lowest BCUT2D eigenvalue weighted by molar-refractivity contribution is -0.136. The molecule has 0 spiro atoms. The maximum atomic E-state index is 11.0. The second-order valence-electron chi connectivity index (χ2n) is 3.72. The van der Waals surface area contributed by atoms with Crippen LogP contribution in [0.1, 0.15) is 18.9 Å². The Morgan fingerprint density at radius 2 is 2.11 bits per heavy atom. The second kappa shape index (κ2) is 7.16. The zero-order valence-corrected chi connectivity index (χ0v) is 11.6. The van der Waals surface area contributed by atoms with Crippen molar-refractivity contribution in [1.29, 1.82) is 0 Å². The van der Waals surface area contributed by atoms with E-state index in [4.69, 9.17) is 14.6 Å². The Balaban J connectivity index is 2.78. The SMILES string of the molecule is CCC(SCc1cc(OC)ccc1OC)C(=O)O. The number of hydrogen-bond donors (Lipinski definition) is 1. The highest BCUT2D eigenvalue weighted by Gasteiger charge is 2.16. The maximum Gasteiger partial charge on any atom is 0.316 e. The van der Waals surface area contributed by atoms with Gasteiger partial charge in [-0.25, -0.2) is 0 Å². The number of carboxylic acids is 1. The van der Waals surface area contributed by atoms with E-state index in [0.29, 0.717) is 12.2 Å². The van der Waals surface area contributed by atoms with Crippen molar-refractivity contribution in [2.75, 3.05) is 14.2 Å². The minimum Gasteiger partial charge on any atom is -0.497 e. The molecule has 0 heterocycles. The van der Waals surface area contributed by atoms with Crippen LogP contribution in [0.2, 0.25) is 0 Å². The molecule has 1 N–H and O–H groups in total. The number of carboxylic acid groups (broad SMARTS) is 1. The molecule has 5 heteroatoms. The van der Waals surface area contributed by atoms with Crippen LogP contribution < -0.4 is 9.47 Å². The van der Waals surface area contributed by atoms with Crippen molar-refractivity contribution in [3.05, 3.63) is 23.8 Å². The van der Waals surface area contributed by atoms with Crippen LogP contribution in [0.25, 0.3) is 0 Å². The van der Waals surface area contributed by atoms with Gasteiger partial charge in [0.1, 0.15) is 16.7 Å². The molecule has 1 unspecified atom stereocenters. The quantitative estimate of drug-likeness (QED) is 0.825. The number of methoxy groups -OCH3 is 2. The highest BCUT2D eigenvalue weighted by atomic mass is 32.2. The first kappa shape index (κ1) is 14.7. The maximum absolute atomic E-state index is 11.0. The molecule has 0 saturated heterocycles. The van der Waals surface area contributed by atoms with Crippen LogP contribution in [0.3, 0.4) is 0 Å². The van der Waals surface area contributed by atoms with Gasteiger partial charge in [-0.2, -0.15) is 0 Å². The Kier molecular flexibility index (Phi) is 5.85. The Hall–Kier alpha value is -1.36. The van der Waals surface area contributed by atoms with Gasteiger partial charge in [0.2, 0.25) is 0 Å². The predicted octanol–water partition coefficient (Wildman–Crippen LogP) is 2.80. The fraction of sp³-hybridized carbons (Fsp3) is 0.462. The Labute approximate surface area is 111 Å². The minimum absolute atomic E-state index is 0.388. The summed E-state index contributed by atoms with van der Waals surface area (Å²) in [6.45, 7) is 1.87. The lowest BCUT2D eigenvalue weighted by Crippen LogP contribution is -2.15. The van der Waals surface area contributed by atoms with Crippen molar-refractivity contribution in [3.63, 3.8) is 0 Å². The molecule has 0 aliphatic heterocycles. The fourth-order valence-corrected chi connectivity index (χ4v) is 2.53. The number of carbonyl (C=O) groups is 1. The largest absolute Gasteiger partial charge is 0.497 e. The molecular formula is C13H18O4S. The zero-order chi connectivity index (χ0) is 13.5. The molecule has 4 nitrogen and oxygen atoms in total. The average molecular weight is 270 g/mol. The first-order chi connectivity index (χ1) is 8.62. The second-order valence-corrected chi connectivity index (χ2v) is 4.91. The molecule has 0 radical (unpaired) electrons. The predicted molar refractivity (Wildman–Crippen MR) is 72.6 cm³/mol. The average Bonchev–Trinajstić information content (AvgIpc) is 2.38. The molecule has 0 fully saturated rings. The van der Waals surface area contributed by atoms with Crippen molar-refractivity contribution >= 4 is 17.7 Å². The lowest BCUT2D eigenvalue weighted by Gasteiger charge is -2.13. The normalized spacial score (nSPS) is 11.9. The van der Waals surface area contributed by atoms with E-state index < -0.39 is 5.97 Å². The van der Waals surface area contributed by atoms with Crippen molar-refractivity contribution < 1.29 is 19.4 Å². The van der Waals surface area contributed by atoms with Crippen molar-refractivity contribution in [3.8, 4) is 11.5 Å². The van der Waals surface area contributed by atoms with Crippen LogP contribution in [-0.4, -0.2) is 30.5 Å². The summed E-state index contributed by atoms with van der Waals surface area (Å²) in [6, 6.07) is 5.53. The van der Waals surface area contributed by atoms with Crippen LogP contribution in [0.15, 0.2) is 18.2 Å². The summed E-state index contributed by atoms with van der Waals surface area (Å²) >= 11 is 1.40. The Morgan fingerprint density at radius 1 is 1.39 bits per heavy atom. The van der Waals surface area contributed by atoms with Gasteiger partial charge in [-0.1, -0.05) is 6.92 Å². The van der Waals surface area contributed by atoms with Crippen LogP contribution in [0, 0.1) is 0 Å². The van der Waals surface area contributed by atoms with Crippen LogP contribution in [0.4, 0.5) is 0 Å². The third-order valence-corrected chi connectivity index (χ3v) is 3.99. The van der Waals surface area contributed by atoms with Crippen LogP contribution >= 0.6 is 11.8 Å². The molecule has 1 rings (SSSR count). The van der Waals surface area contributed by atoms with Crippen molar-refractivity contribution in [1.82, 2.24) is 0 Å². The molecule has 0 aromatic heterocycles. The van der Waals surface area contributed by atoms with E-state index in [0.717, 1.165) is 17.1 Å². The van der Waals surface area contributed by atoms with Gasteiger partial charge < -0.3 is 14.6 Å². The standard InChI is InChI=1S/C13H18O4S/c1-4-12(13(14)15)18-8-9-7-10(16-2)5-6-11(9)17-3/h5-7,12H,4,8H2,1-3H3,(H,14,15). The fourth-order valence-electron chi connectivity index (χ4n) is 1.55. The van der Waals surface area contributed by atoms with Gasteiger partial charge in [-0.3, -0.25) is 4.79 Å². The van der Waals surface area contributed by atoms with E-state index in [2.05, 4.69) is 0 Å². The van der Waals surface area contributed by atoms with E-state index >= 15 is 0 Å². The number of thioether (sulfide) groups is 1. The Morgan fingerprint density at radius 3 is 2.61 bits per heavy atom. The summed E-state index contributed by atoms with van der Waals surface area (Å²) in [7, 11) is 3.20. The van der Waals surface area contributed by atoms with Gasteiger partial charge in [0.05, 0.1) is 14.2 Å². The number of hydrogen-bond acceptors (Lipinski definition) is 4. The molecule has 0 aliphatic rings. The molecule has 1 aromatic rings. The summed E-state index contributed by atoms with van der Waals surface area (Å²) in [4.78, 5) is 11.0. The highest BCUT2D eigenvalue weighted by Crippen LogP contribution is 2.29. The summed E-state index contributed by atoms with van der Waals surface area (Å²) in [5.74, 6) is 1.31. The van der Waals surface area contributed by atoms with E-state index in [9.17, 15) is 4.79 Å². The van der Waals surface area contributed by atoms with E-state index in [1.165, 1.54) is 11.8 Å². The summed E-state index contributed by atoms with van der Waals surface area (Å²) in [5.41, 5.74) is 0.946. The Bertz CT molecular complexity index is 406. The van der Waals surface area contributed by atoms with E-state index in [1.807, 2.05) is 25.1 Å². The first-order valence-electron chi connectivity index (χ1n) is 5.67. The van der Waals surface area contributed by atoms with E-state index in [1.54, 1.807) is 14.2 Å². The van der Waals surface area contributed by atoms with Gasteiger partial charge in [-0.05, 0) is 24.6 Å². The molecule has 18 heavy (non-hydrogen) atoms. The van der Waals surface area contributed by atoms with Gasteiger partial charge in [0, 0.05) is 11.3 Å². The van der Waals surface area contributed by atoms with Crippen molar-refractivity contribution in [2.45, 2.75) is 24.3 Å². The number of ether oxygens (including phenoxy) is 2. The van der Waals surface area contributed by atoms with Crippen LogP contribution in [0.5, 0.6) is 11.5 Å². The topological polar surface area (TPSA) is 55.8 Å². The molecule has 0 aliphatic carbocycles. The monoisotopic (exact) mass is 270 g/mol. The molecular weight excluding hydrogens is 252 g/mol. The molecule has 1 aromatic carbocycles. The van der Waals surface area contributed by atoms with Gasteiger partial charge in [0.15, 0.2) is 0 Å². The number of rotatable bonds is 7. The number of benzene rings is 1. The zero-order valence-electron chi connectivity index (χ0n) is 10.8. The third kappa shape index (κ3) is 3.84. The van der Waals surface area contributed by atoms with E-state index in [-0.39, 0.29) is 5.25 Å². The van der Waals surface area contributed by atoms with Crippen LogP contribution in [-0.2, 0) is 10.5 Å².